The Balaban J connectivity index is 1.61. The van der Waals surface area contributed by atoms with E-state index >= 15 is 0 Å². The molecule has 1 saturated heterocycles. The second kappa shape index (κ2) is 14.6. The van der Waals surface area contributed by atoms with E-state index in [1.165, 1.54) is 0 Å². The maximum atomic E-state index is 13.7. The lowest BCUT2D eigenvalue weighted by Gasteiger charge is -2.34. The van der Waals surface area contributed by atoms with Crippen LogP contribution in [0.5, 0.6) is 5.75 Å². The number of carbonyl (C=O) groups excluding carboxylic acids is 4. The van der Waals surface area contributed by atoms with Crippen LogP contribution in [0.3, 0.4) is 0 Å². The number of benzene rings is 2. The molecule has 2 aliphatic rings. The molecule has 4 rings (SSSR count). The van der Waals surface area contributed by atoms with Gasteiger partial charge in [-0.25, -0.2) is 0 Å². The summed E-state index contributed by atoms with van der Waals surface area (Å²) in [6, 6.07) is 14.2. The average Bonchev–Trinajstić information content (AvgIpc) is 2.99. The fraction of sp³-hybridized carbons (Fsp3) is 0.484. The van der Waals surface area contributed by atoms with Crippen LogP contribution in [-0.4, -0.2) is 90.0 Å². The highest BCUT2D eigenvalue weighted by Gasteiger charge is 2.33. The molecule has 3 N–H and O–H groups in total. The average molecular weight is 565 g/mol. The van der Waals surface area contributed by atoms with Crippen molar-refractivity contribution in [3.63, 3.8) is 0 Å². The molecule has 2 aromatic carbocycles. The second-order valence-corrected chi connectivity index (χ2v) is 10.6. The highest BCUT2D eigenvalue weighted by atomic mass is 16.5. The molecule has 0 radical (unpaired) electrons. The zero-order chi connectivity index (χ0) is 29.2. The number of para-hydroxylation sites is 1. The number of piperidine rings is 1. The molecule has 2 atom stereocenters. The van der Waals surface area contributed by atoms with E-state index in [1.807, 2.05) is 37.3 Å². The molecule has 0 saturated carbocycles. The summed E-state index contributed by atoms with van der Waals surface area (Å²) in [5.41, 5.74) is 1.14. The van der Waals surface area contributed by atoms with E-state index in [0.29, 0.717) is 37.7 Å². The van der Waals surface area contributed by atoms with Gasteiger partial charge in [0.15, 0.2) is 0 Å². The molecule has 0 unspecified atom stereocenters. The normalized spacial score (nSPS) is 21.3. The third-order valence-corrected chi connectivity index (χ3v) is 7.82. The van der Waals surface area contributed by atoms with E-state index in [0.717, 1.165) is 18.4 Å². The molecule has 0 aliphatic carbocycles. The molecule has 10 nitrogen and oxygen atoms in total. The second-order valence-electron chi connectivity index (χ2n) is 10.6. The van der Waals surface area contributed by atoms with E-state index < -0.39 is 23.9 Å². The highest BCUT2D eigenvalue weighted by Crippen LogP contribution is 2.22. The predicted molar refractivity (Wildman–Crippen MR) is 153 cm³/mol. The summed E-state index contributed by atoms with van der Waals surface area (Å²) in [7, 11) is 0. The number of ether oxygens (including phenoxy) is 1. The van der Waals surface area contributed by atoms with Crippen molar-refractivity contribution in [3.05, 3.63) is 65.7 Å². The van der Waals surface area contributed by atoms with Gasteiger partial charge in [-0.2, -0.15) is 0 Å². The van der Waals surface area contributed by atoms with Gasteiger partial charge in [0.05, 0.1) is 18.5 Å². The van der Waals surface area contributed by atoms with Crippen LogP contribution in [0.2, 0.25) is 0 Å². The molecular weight excluding hydrogens is 524 g/mol. The lowest BCUT2D eigenvalue weighted by molar-refractivity contribution is -0.138. The molecule has 41 heavy (non-hydrogen) atoms. The van der Waals surface area contributed by atoms with E-state index in [1.54, 1.807) is 34.1 Å². The van der Waals surface area contributed by atoms with Gasteiger partial charge in [-0.3, -0.25) is 19.2 Å². The van der Waals surface area contributed by atoms with Gasteiger partial charge in [-0.05, 0) is 49.8 Å². The lowest BCUT2D eigenvalue weighted by atomic mass is 9.93. The molecule has 220 valence electrons. The van der Waals surface area contributed by atoms with Crippen molar-refractivity contribution in [2.45, 2.75) is 51.1 Å². The summed E-state index contributed by atoms with van der Waals surface area (Å²) in [5, 5.41) is 14.9. The SMILES string of the molecule is CCN1CCOc2ccccc2C(=O)N[C@H](C(=O)N2CCC(CCO)CC2)CC(=O)N[C@H](Cc2ccccc2)C1=O. The van der Waals surface area contributed by atoms with Crippen molar-refractivity contribution in [1.29, 1.82) is 0 Å². The predicted octanol–water partition coefficient (Wildman–Crippen LogP) is 1.76. The topological polar surface area (TPSA) is 128 Å². The molecule has 2 aromatic rings. The van der Waals surface area contributed by atoms with Crippen LogP contribution in [0.1, 0.15) is 48.5 Å². The van der Waals surface area contributed by atoms with Gasteiger partial charge in [0.2, 0.25) is 17.7 Å². The summed E-state index contributed by atoms with van der Waals surface area (Å²) in [5.74, 6) is -0.916. The van der Waals surface area contributed by atoms with Crippen LogP contribution in [0, 0.1) is 5.92 Å². The first-order valence-electron chi connectivity index (χ1n) is 14.4. The van der Waals surface area contributed by atoms with Crippen LogP contribution in [0.4, 0.5) is 0 Å². The van der Waals surface area contributed by atoms with Gasteiger partial charge in [0.25, 0.3) is 5.91 Å². The van der Waals surface area contributed by atoms with Crippen molar-refractivity contribution in [1.82, 2.24) is 20.4 Å². The number of likely N-dealkylation sites (tertiary alicyclic amines) is 1. The van der Waals surface area contributed by atoms with Crippen molar-refractivity contribution < 1.29 is 29.0 Å². The van der Waals surface area contributed by atoms with Crippen molar-refractivity contribution >= 4 is 23.6 Å². The summed E-state index contributed by atoms with van der Waals surface area (Å²) >= 11 is 0. The van der Waals surface area contributed by atoms with E-state index in [-0.39, 0.29) is 50.0 Å². The number of nitrogens with one attached hydrogen (secondary N) is 2. The van der Waals surface area contributed by atoms with Gasteiger partial charge in [0, 0.05) is 32.7 Å². The number of hydrogen-bond donors (Lipinski definition) is 3. The quantitative estimate of drug-likeness (QED) is 0.491. The van der Waals surface area contributed by atoms with Gasteiger partial charge in [-0.1, -0.05) is 42.5 Å². The van der Waals surface area contributed by atoms with E-state index in [9.17, 15) is 24.3 Å². The van der Waals surface area contributed by atoms with E-state index in [4.69, 9.17) is 4.74 Å². The first kappa shape index (κ1) is 30.0. The first-order valence-corrected chi connectivity index (χ1v) is 14.4. The molecule has 0 spiro atoms. The highest BCUT2D eigenvalue weighted by molar-refractivity contribution is 6.01. The summed E-state index contributed by atoms with van der Waals surface area (Å²) in [4.78, 5) is 57.4. The van der Waals surface area contributed by atoms with Gasteiger partial charge in [0.1, 0.15) is 24.4 Å². The maximum absolute atomic E-state index is 13.7. The standard InChI is InChI=1S/C31H40N4O6/c1-2-34-17-19-41-27-11-7-6-10-24(27)29(38)33-26(31(40)35-15-12-22(13-16-35)14-18-36)21-28(37)32-25(30(34)39)20-23-8-4-3-5-9-23/h3-11,22,25-26,36H,2,12-21H2,1H3,(H,32,37)(H,33,38)/t25-,26+/m1/s1. The van der Waals surface area contributed by atoms with Crippen molar-refractivity contribution in [3.8, 4) is 5.75 Å². The molecule has 2 heterocycles. The van der Waals surface area contributed by atoms with Crippen LogP contribution < -0.4 is 15.4 Å². The number of aliphatic hydroxyl groups excluding tert-OH is 1. The number of likely N-dealkylation sites (N-methyl/N-ethyl adjacent to an activating group) is 1. The van der Waals surface area contributed by atoms with Crippen LogP contribution in [0.25, 0.3) is 0 Å². The Hall–Kier alpha value is -3.92. The Morgan fingerprint density at radius 2 is 1.68 bits per heavy atom. The Labute approximate surface area is 241 Å². The number of nitrogens with zero attached hydrogens (tertiary/aromatic N) is 2. The van der Waals surface area contributed by atoms with E-state index in [2.05, 4.69) is 10.6 Å². The maximum Gasteiger partial charge on any atom is 0.255 e. The Bertz CT molecular complexity index is 1200. The minimum Gasteiger partial charge on any atom is -0.491 e. The van der Waals surface area contributed by atoms with Gasteiger partial charge >= 0.3 is 0 Å². The van der Waals surface area contributed by atoms with Gasteiger partial charge < -0.3 is 30.3 Å². The van der Waals surface area contributed by atoms with Crippen molar-refractivity contribution in [2.75, 3.05) is 39.4 Å². The fourth-order valence-electron chi connectivity index (χ4n) is 5.46. The number of rotatable bonds is 6. The molecule has 4 amide bonds. The monoisotopic (exact) mass is 564 g/mol. The van der Waals surface area contributed by atoms with Crippen LogP contribution in [0.15, 0.2) is 54.6 Å². The smallest absolute Gasteiger partial charge is 0.255 e. The fourth-order valence-corrected chi connectivity index (χ4v) is 5.46. The molecule has 0 bridgehead atoms. The largest absolute Gasteiger partial charge is 0.491 e. The first-order chi connectivity index (χ1) is 19.9. The Morgan fingerprint density at radius 1 is 0.976 bits per heavy atom. The number of hydrogen-bond acceptors (Lipinski definition) is 6. The zero-order valence-corrected chi connectivity index (χ0v) is 23.6. The number of fused-ring (bicyclic) bond motifs is 1. The lowest BCUT2D eigenvalue weighted by Crippen LogP contribution is -2.55. The molecular formula is C31H40N4O6. The number of aliphatic hydroxyl groups is 1. The Morgan fingerprint density at radius 3 is 2.39 bits per heavy atom. The minimum atomic E-state index is -1.12. The summed E-state index contributed by atoms with van der Waals surface area (Å²) in [6.45, 7) is 3.79. The summed E-state index contributed by atoms with van der Waals surface area (Å²) in [6.07, 6.45) is 2.16. The van der Waals surface area contributed by atoms with Crippen molar-refractivity contribution in [2.24, 2.45) is 5.92 Å². The molecule has 0 aromatic heterocycles. The molecule has 10 heteroatoms. The summed E-state index contributed by atoms with van der Waals surface area (Å²) < 4.78 is 5.95. The minimum absolute atomic E-state index is 0.108. The van der Waals surface area contributed by atoms with Crippen LogP contribution >= 0.6 is 0 Å². The zero-order valence-electron chi connectivity index (χ0n) is 23.6. The third-order valence-electron chi connectivity index (χ3n) is 7.82. The van der Waals surface area contributed by atoms with Crippen LogP contribution in [-0.2, 0) is 20.8 Å². The number of amides is 4. The Kier molecular flexibility index (Phi) is 10.7. The molecule has 2 aliphatic heterocycles. The molecule has 1 fully saturated rings. The van der Waals surface area contributed by atoms with Gasteiger partial charge in [-0.15, -0.1) is 0 Å². The number of carbonyl (C=O) groups is 4. The third kappa shape index (κ3) is 8.07.